The van der Waals surface area contributed by atoms with Gasteiger partial charge < -0.3 is 14.2 Å². The summed E-state index contributed by atoms with van der Waals surface area (Å²) in [7, 11) is 0.0757. The van der Waals surface area contributed by atoms with E-state index in [-0.39, 0.29) is 35.5 Å². The maximum Gasteiger partial charge on any atom is 0.337 e. The number of sulfonamides is 1. The number of carbonyl (C=O) groups is 3. The predicted molar refractivity (Wildman–Crippen MR) is 150 cm³/mol. The Kier molecular flexibility index (Phi) is 8.92. The Hall–Kier alpha value is -3.74. The van der Waals surface area contributed by atoms with Crippen LogP contribution in [0.1, 0.15) is 22.3 Å². The first-order chi connectivity index (χ1) is 19.1. The summed E-state index contributed by atoms with van der Waals surface area (Å²) in [6, 6.07) is 15.8. The lowest BCUT2D eigenvalue weighted by Crippen LogP contribution is -2.46. The van der Waals surface area contributed by atoms with E-state index in [1.54, 1.807) is 30.3 Å². The molecule has 10 nitrogen and oxygen atoms in total. The zero-order valence-electron chi connectivity index (χ0n) is 22.0. The third kappa shape index (κ3) is 5.88. The van der Waals surface area contributed by atoms with E-state index >= 15 is 0 Å². The highest BCUT2D eigenvalue weighted by atomic mass is 79.9. The first-order valence-electron chi connectivity index (χ1n) is 12.1. The SMILES string of the molecule is COC(=O)c1ccc(N2C(=O)CC(N(CCc3ccc(OC)c(OC)c3)S(=O)(=O)c3ccc(Br)cc3)C2=O)cc1. The summed E-state index contributed by atoms with van der Waals surface area (Å²) in [5.74, 6) is -0.788. The Labute approximate surface area is 240 Å². The summed E-state index contributed by atoms with van der Waals surface area (Å²) in [5.41, 5.74) is 1.22. The lowest BCUT2D eigenvalue weighted by molar-refractivity contribution is -0.122. The van der Waals surface area contributed by atoms with Gasteiger partial charge in [-0.25, -0.2) is 18.1 Å². The van der Waals surface area contributed by atoms with E-state index in [0.717, 1.165) is 14.8 Å². The van der Waals surface area contributed by atoms with Crippen LogP contribution in [0.5, 0.6) is 11.5 Å². The number of benzene rings is 3. The summed E-state index contributed by atoms with van der Waals surface area (Å²) in [4.78, 5) is 39.4. The number of hydrogen-bond donors (Lipinski definition) is 0. The molecule has 3 aromatic carbocycles. The molecule has 0 radical (unpaired) electrons. The highest BCUT2D eigenvalue weighted by molar-refractivity contribution is 9.10. The second-order valence-corrected chi connectivity index (χ2v) is 11.6. The molecular weight excluding hydrogens is 604 g/mol. The highest BCUT2D eigenvalue weighted by Crippen LogP contribution is 2.32. The monoisotopic (exact) mass is 630 g/mol. The number of hydrogen-bond acceptors (Lipinski definition) is 8. The van der Waals surface area contributed by atoms with Gasteiger partial charge in [-0.15, -0.1) is 0 Å². The van der Waals surface area contributed by atoms with Crippen molar-refractivity contribution in [2.75, 3.05) is 32.8 Å². The van der Waals surface area contributed by atoms with Crippen LogP contribution in [0.3, 0.4) is 0 Å². The van der Waals surface area contributed by atoms with E-state index in [2.05, 4.69) is 15.9 Å². The van der Waals surface area contributed by atoms with Gasteiger partial charge in [-0.3, -0.25) is 9.59 Å². The number of rotatable bonds is 10. The fourth-order valence-corrected chi connectivity index (χ4v) is 6.28. The topological polar surface area (TPSA) is 120 Å². The zero-order valence-corrected chi connectivity index (χ0v) is 24.4. The molecular formula is C28H27BrN2O8S. The molecule has 1 unspecified atom stereocenters. The van der Waals surface area contributed by atoms with Gasteiger partial charge in [0.25, 0.3) is 5.91 Å². The van der Waals surface area contributed by atoms with Crippen LogP contribution < -0.4 is 14.4 Å². The number of halogens is 1. The smallest absolute Gasteiger partial charge is 0.337 e. The van der Waals surface area contributed by atoms with Gasteiger partial charge in [0.15, 0.2) is 11.5 Å². The molecule has 4 rings (SSSR count). The van der Waals surface area contributed by atoms with Crippen LogP contribution in [-0.4, -0.2) is 64.4 Å². The van der Waals surface area contributed by atoms with Crippen LogP contribution in [0.25, 0.3) is 0 Å². The number of amides is 2. The molecule has 0 aliphatic carbocycles. The largest absolute Gasteiger partial charge is 0.493 e. The van der Waals surface area contributed by atoms with Crippen molar-refractivity contribution in [3.05, 3.63) is 82.3 Å². The van der Waals surface area contributed by atoms with E-state index in [4.69, 9.17) is 14.2 Å². The lowest BCUT2D eigenvalue weighted by atomic mass is 10.1. The Balaban J connectivity index is 1.67. The van der Waals surface area contributed by atoms with E-state index in [0.29, 0.717) is 16.0 Å². The van der Waals surface area contributed by atoms with E-state index in [1.807, 2.05) is 0 Å². The van der Waals surface area contributed by atoms with Gasteiger partial charge in [-0.05, 0) is 72.6 Å². The first-order valence-corrected chi connectivity index (χ1v) is 14.4. The lowest BCUT2D eigenvalue weighted by Gasteiger charge is -2.27. The quantitative estimate of drug-likeness (QED) is 0.245. The van der Waals surface area contributed by atoms with Gasteiger partial charge in [-0.2, -0.15) is 4.31 Å². The number of anilines is 1. The average Bonchev–Trinajstić information content (AvgIpc) is 3.25. The number of esters is 1. The van der Waals surface area contributed by atoms with E-state index in [9.17, 15) is 22.8 Å². The number of carbonyl (C=O) groups excluding carboxylic acids is 3. The number of imide groups is 1. The molecule has 1 atom stereocenters. The van der Waals surface area contributed by atoms with Crippen LogP contribution in [0.2, 0.25) is 0 Å². The van der Waals surface area contributed by atoms with Crippen molar-refractivity contribution in [2.24, 2.45) is 0 Å². The van der Waals surface area contributed by atoms with Gasteiger partial charge in [0.2, 0.25) is 15.9 Å². The molecule has 1 heterocycles. The number of nitrogens with zero attached hydrogens (tertiary/aromatic N) is 2. The molecule has 0 N–H and O–H groups in total. The standard InChI is InChI=1S/C28H27BrN2O8S/c1-37-24-13-4-18(16-25(24)38-2)14-15-30(40(35,36)22-11-7-20(29)8-12-22)23-17-26(32)31(27(23)33)21-9-5-19(6-10-21)28(34)39-3/h4-13,16,23H,14-15,17H2,1-3H3. The van der Waals surface area contributed by atoms with Crippen LogP contribution in [-0.2, 0) is 30.8 Å². The third-order valence-electron chi connectivity index (χ3n) is 6.51. The maximum absolute atomic E-state index is 13.9. The van der Waals surface area contributed by atoms with Crippen molar-refractivity contribution in [1.82, 2.24) is 4.31 Å². The van der Waals surface area contributed by atoms with Gasteiger partial charge in [-0.1, -0.05) is 22.0 Å². The fourth-order valence-electron chi connectivity index (χ4n) is 4.44. The molecule has 210 valence electrons. The average molecular weight is 632 g/mol. The van der Waals surface area contributed by atoms with Gasteiger partial charge in [0.1, 0.15) is 6.04 Å². The van der Waals surface area contributed by atoms with Crippen molar-refractivity contribution >= 4 is 49.4 Å². The summed E-state index contributed by atoms with van der Waals surface area (Å²) in [6.45, 7) is -0.0767. The molecule has 1 aliphatic heterocycles. The van der Waals surface area contributed by atoms with Crippen LogP contribution in [0.15, 0.2) is 76.1 Å². The number of ether oxygens (including phenoxy) is 3. The van der Waals surface area contributed by atoms with Crippen LogP contribution in [0, 0.1) is 0 Å². The molecule has 3 aromatic rings. The van der Waals surface area contributed by atoms with Crippen molar-refractivity contribution in [3.8, 4) is 11.5 Å². The molecule has 1 saturated heterocycles. The Morgan fingerprint density at radius 2 is 1.60 bits per heavy atom. The summed E-state index contributed by atoms with van der Waals surface area (Å²) in [6.07, 6.45) is -0.0960. The Bertz CT molecular complexity index is 1520. The van der Waals surface area contributed by atoms with Gasteiger partial charge in [0.05, 0.1) is 43.9 Å². The van der Waals surface area contributed by atoms with E-state index in [1.165, 1.54) is 57.7 Å². The summed E-state index contributed by atoms with van der Waals surface area (Å²) in [5, 5.41) is 0. The normalized spacial score (nSPS) is 15.4. The maximum atomic E-state index is 13.9. The molecule has 12 heteroatoms. The first kappa shape index (κ1) is 29.2. The fraction of sp³-hybridized carbons (Fsp3) is 0.250. The van der Waals surface area contributed by atoms with Crippen molar-refractivity contribution in [3.63, 3.8) is 0 Å². The molecule has 0 saturated carbocycles. The second-order valence-electron chi connectivity index (χ2n) is 8.83. The summed E-state index contributed by atoms with van der Waals surface area (Å²) >= 11 is 3.31. The minimum absolute atomic E-state index is 0.0101. The Morgan fingerprint density at radius 3 is 2.20 bits per heavy atom. The van der Waals surface area contributed by atoms with Crippen molar-refractivity contribution in [2.45, 2.75) is 23.8 Å². The molecule has 2 amide bonds. The molecule has 0 bridgehead atoms. The molecule has 1 fully saturated rings. The minimum Gasteiger partial charge on any atom is -0.493 e. The van der Waals surface area contributed by atoms with Crippen LogP contribution >= 0.6 is 15.9 Å². The molecule has 1 aliphatic rings. The number of methoxy groups -OCH3 is 3. The third-order valence-corrected chi connectivity index (χ3v) is 8.96. The molecule has 0 aromatic heterocycles. The summed E-state index contributed by atoms with van der Waals surface area (Å²) < 4.78 is 44.8. The second kappa shape index (κ2) is 12.2. The van der Waals surface area contributed by atoms with Gasteiger partial charge in [0, 0.05) is 11.0 Å². The van der Waals surface area contributed by atoms with Crippen molar-refractivity contribution < 1.29 is 37.0 Å². The van der Waals surface area contributed by atoms with Crippen molar-refractivity contribution in [1.29, 1.82) is 0 Å². The zero-order chi connectivity index (χ0) is 29.0. The highest BCUT2D eigenvalue weighted by Gasteiger charge is 2.46. The van der Waals surface area contributed by atoms with Gasteiger partial charge >= 0.3 is 5.97 Å². The van der Waals surface area contributed by atoms with Crippen LogP contribution in [0.4, 0.5) is 5.69 Å². The minimum atomic E-state index is -4.19. The van der Waals surface area contributed by atoms with E-state index < -0.39 is 33.8 Å². The molecule has 40 heavy (non-hydrogen) atoms. The predicted octanol–water partition coefficient (Wildman–Crippen LogP) is 3.82. The molecule has 0 spiro atoms. The Morgan fingerprint density at radius 1 is 0.950 bits per heavy atom.